The van der Waals surface area contributed by atoms with E-state index in [9.17, 15) is 10.0 Å². The highest BCUT2D eigenvalue weighted by atomic mass is 16.5. The molecule has 0 amide bonds. The van der Waals surface area contributed by atoms with Gasteiger partial charge in [-0.1, -0.05) is 6.07 Å². The van der Waals surface area contributed by atoms with Crippen molar-refractivity contribution in [2.75, 3.05) is 7.11 Å². The summed E-state index contributed by atoms with van der Waals surface area (Å²) in [7, 11) is 1.55. The highest BCUT2D eigenvalue weighted by molar-refractivity contribution is 5.68. The van der Waals surface area contributed by atoms with E-state index in [1.54, 1.807) is 31.4 Å². The van der Waals surface area contributed by atoms with Gasteiger partial charge in [0.25, 0.3) is 5.69 Å². The van der Waals surface area contributed by atoms with Crippen molar-refractivity contribution in [2.24, 2.45) is 0 Å². The molecule has 0 bridgehead atoms. The minimum atomic E-state index is -1.10. The summed E-state index contributed by atoms with van der Waals surface area (Å²) < 4.78 is 5.65. The Kier molecular flexibility index (Phi) is 2.05. The molecule has 4 nitrogen and oxygen atoms in total. The zero-order valence-electron chi connectivity index (χ0n) is 7.68. The van der Waals surface area contributed by atoms with Crippen LogP contribution in [0.25, 0.3) is 6.08 Å². The molecule has 1 aliphatic heterocycles. The maximum Gasteiger partial charge on any atom is 0.329 e. The highest BCUT2D eigenvalue weighted by Gasteiger charge is 2.30. The summed E-state index contributed by atoms with van der Waals surface area (Å²) in [5, 5.41) is 9.27. The van der Waals surface area contributed by atoms with Crippen LogP contribution in [0.3, 0.4) is 0 Å². The molecule has 1 atom stereocenters. The second-order valence-corrected chi connectivity index (χ2v) is 2.99. The van der Waals surface area contributed by atoms with Gasteiger partial charge in [0.1, 0.15) is 5.75 Å². The molecule has 1 aromatic rings. The van der Waals surface area contributed by atoms with E-state index >= 15 is 0 Å². The molecule has 1 unspecified atom stereocenters. The predicted molar refractivity (Wildman–Crippen MR) is 51.3 cm³/mol. The fraction of sp³-hybridized carbons (Fsp3) is 0.200. The quantitative estimate of drug-likeness (QED) is 0.685. The van der Waals surface area contributed by atoms with E-state index in [-0.39, 0.29) is 0 Å². The summed E-state index contributed by atoms with van der Waals surface area (Å²) in [4.78, 5) is 11.4. The number of nitrogens with zero attached hydrogens (tertiary/aromatic N) is 1. The van der Waals surface area contributed by atoms with Gasteiger partial charge in [0, 0.05) is 17.0 Å². The number of aliphatic hydroxyl groups is 1. The summed E-state index contributed by atoms with van der Waals surface area (Å²) >= 11 is 0. The van der Waals surface area contributed by atoms with Crippen LogP contribution in [0.2, 0.25) is 0 Å². The number of hydrogen-bond donors (Lipinski definition) is 1. The molecule has 0 fully saturated rings. The average molecular weight is 192 g/mol. The summed E-state index contributed by atoms with van der Waals surface area (Å²) in [6.45, 7) is 0. The summed E-state index contributed by atoms with van der Waals surface area (Å²) in [6, 6.07) is 5.14. The maximum absolute atomic E-state index is 11.4. The zero-order valence-corrected chi connectivity index (χ0v) is 7.68. The average Bonchev–Trinajstić information content (AvgIpc) is 2.23. The van der Waals surface area contributed by atoms with Gasteiger partial charge in [-0.15, -0.1) is 0 Å². The molecule has 4 heteroatoms. The Morgan fingerprint density at radius 2 is 2.29 bits per heavy atom. The molecule has 0 aromatic heterocycles. The fourth-order valence-electron chi connectivity index (χ4n) is 1.47. The van der Waals surface area contributed by atoms with Crippen molar-refractivity contribution in [3.63, 3.8) is 0 Å². The van der Waals surface area contributed by atoms with E-state index in [2.05, 4.69) is 0 Å². The number of fused-ring (bicyclic) bond motifs is 1. The van der Waals surface area contributed by atoms with Gasteiger partial charge in [0.15, 0.2) is 0 Å². The van der Waals surface area contributed by atoms with Crippen LogP contribution in [-0.4, -0.2) is 23.2 Å². The van der Waals surface area contributed by atoms with Gasteiger partial charge in [-0.05, 0) is 12.1 Å². The predicted octanol–water partition coefficient (Wildman–Crippen LogP) is 1.45. The minimum absolute atomic E-state index is 0.430. The first-order valence-electron chi connectivity index (χ1n) is 4.23. The van der Waals surface area contributed by atoms with Crippen LogP contribution < -0.4 is 4.74 Å². The topological polar surface area (TPSA) is 49.5 Å². The molecule has 0 aliphatic carbocycles. The van der Waals surface area contributed by atoms with Crippen molar-refractivity contribution in [2.45, 2.75) is 6.23 Å². The van der Waals surface area contributed by atoms with E-state index in [1.165, 1.54) is 6.08 Å². The number of rotatable bonds is 1. The minimum Gasteiger partial charge on any atom is -0.496 e. The van der Waals surface area contributed by atoms with Crippen LogP contribution in [0.15, 0.2) is 24.3 Å². The van der Waals surface area contributed by atoms with Gasteiger partial charge >= 0.3 is 6.23 Å². The van der Waals surface area contributed by atoms with E-state index in [4.69, 9.17) is 4.74 Å². The van der Waals surface area contributed by atoms with Crippen molar-refractivity contribution in [3.8, 4) is 5.75 Å². The summed E-state index contributed by atoms with van der Waals surface area (Å²) in [6.07, 6.45) is 2.01. The van der Waals surface area contributed by atoms with E-state index in [0.717, 1.165) is 0 Å². The standard InChI is InChI=1S/C10H10NO3/c1-14-9-4-2-3-8-7(9)5-6-10(12)11(8)13/h2-6,10,12H,1H3/q+1. The van der Waals surface area contributed by atoms with Gasteiger partial charge in [-0.25, -0.2) is 0 Å². The second-order valence-electron chi connectivity index (χ2n) is 2.99. The largest absolute Gasteiger partial charge is 0.496 e. The Morgan fingerprint density at radius 3 is 3.00 bits per heavy atom. The first kappa shape index (κ1) is 8.90. The van der Waals surface area contributed by atoms with E-state index in [1.807, 2.05) is 0 Å². The smallest absolute Gasteiger partial charge is 0.329 e. The SMILES string of the molecule is COc1cccc2c1C=CC(O)[N+]2=O. The number of methoxy groups -OCH3 is 1. The third-order valence-electron chi connectivity index (χ3n) is 2.18. The van der Waals surface area contributed by atoms with Crippen molar-refractivity contribution >= 4 is 11.8 Å². The number of ether oxygens (including phenoxy) is 1. The van der Waals surface area contributed by atoms with Crippen molar-refractivity contribution < 1.29 is 14.6 Å². The van der Waals surface area contributed by atoms with Crippen LogP contribution >= 0.6 is 0 Å². The third kappa shape index (κ3) is 1.20. The summed E-state index contributed by atoms with van der Waals surface area (Å²) in [5.74, 6) is 0.631. The van der Waals surface area contributed by atoms with E-state index < -0.39 is 6.23 Å². The number of aliphatic hydroxyl groups excluding tert-OH is 1. The number of benzene rings is 1. The molecule has 14 heavy (non-hydrogen) atoms. The molecule has 0 radical (unpaired) electrons. The maximum atomic E-state index is 11.4. The highest BCUT2D eigenvalue weighted by Crippen LogP contribution is 2.33. The third-order valence-corrected chi connectivity index (χ3v) is 2.18. The lowest BCUT2D eigenvalue weighted by atomic mass is 10.1. The molecule has 72 valence electrons. The van der Waals surface area contributed by atoms with Gasteiger partial charge in [0.2, 0.25) is 0 Å². The molecule has 0 spiro atoms. The zero-order chi connectivity index (χ0) is 10.1. The van der Waals surface area contributed by atoms with Crippen LogP contribution in [0, 0.1) is 4.91 Å². The van der Waals surface area contributed by atoms with Gasteiger partial charge in [0.05, 0.1) is 17.4 Å². The van der Waals surface area contributed by atoms with Crippen LogP contribution in [0.4, 0.5) is 5.69 Å². The molecule has 2 rings (SSSR count). The Bertz CT molecular complexity index is 412. The molecule has 0 saturated carbocycles. The van der Waals surface area contributed by atoms with Crippen molar-refractivity contribution in [1.29, 1.82) is 0 Å². The van der Waals surface area contributed by atoms with Crippen LogP contribution in [0.1, 0.15) is 5.56 Å². The first-order chi connectivity index (χ1) is 6.74. The van der Waals surface area contributed by atoms with E-state index in [0.29, 0.717) is 21.8 Å². The molecule has 1 N–H and O–H groups in total. The van der Waals surface area contributed by atoms with Crippen molar-refractivity contribution in [1.82, 2.24) is 0 Å². The summed E-state index contributed by atoms with van der Waals surface area (Å²) in [5.41, 5.74) is 1.13. The number of hydrogen-bond acceptors (Lipinski definition) is 3. The molecule has 1 aliphatic rings. The second kappa shape index (κ2) is 3.23. The lowest BCUT2D eigenvalue weighted by Gasteiger charge is -2.09. The van der Waals surface area contributed by atoms with Gasteiger partial charge in [-0.3, -0.25) is 0 Å². The van der Waals surface area contributed by atoms with Gasteiger partial charge in [-0.2, -0.15) is 0 Å². The Labute approximate surface area is 81.0 Å². The molecular weight excluding hydrogens is 182 g/mol. The van der Waals surface area contributed by atoms with Gasteiger partial charge < -0.3 is 9.84 Å². The molecule has 1 aromatic carbocycles. The van der Waals surface area contributed by atoms with Crippen LogP contribution in [0.5, 0.6) is 5.75 Å². The molecular formula is C10H10NO3+. The number of nitroso groups, excluding NO2 is 1. The monoisotopic (exact) mass is 192 g/mol. The molecule has 1 heterocycles. The molecule has 0 saturated heterocycles. The Hall–Kier alpha value is -1.68. The normalized spacial score (nSPS) is 19.3. The fourth-order valence-corrected chi connectivity index (χ4v) is 1.47. The Balaban J connectivity index is 2.61. The Morgan fingerprint density at radius 1 is 1.50 bits per heavy atom. The first-order valence-corrected chi connectivity index (χ1v) is 4.23. The van der Waals surface area contributed by atoms with Crippen molar-refractivity contribution in [3.05, 3.63) is 34.7 Å². The van der Waals surface area contributed by atoms with Crippen LogP contribution in [-0.2, 0) is 0 Å². The lowest BCUT2D eigenvalue weighted by molar-refractivity contribution is -0.541. The lowest BCUT2D eigenvalue weighted by Crippen LogP contribution is -2.20.